The zero-order valence-corrected chi connectivity index (χ0v) is 21.3. The first-order chi connectivity index (χ1) is 15.8. The van der Waals surface area contributed by atoms with Crippen LogP contribution < -0.4 is 5.32 Å². The molecule has 7 atom stereocenters. The molecule has 7 aliphatic carbocycles. The molecule has 3 nitrogen and oxygen atoms in total. The molecule has 4 heteroatoms. The number of allylic oxidation sites excluding steroid dienone is 2. The van der Waals surface area contributed by atoms with Gasteiger partial charge in [-0.1, -0.05) is 37.8 Å². The van der Waals surface area contributed by atoms with E-state index < -0.39 is 0 Å². The topological polar surface area (TPSA) is 46.2 Å². The Balaban J connectivity index is 1.09. The second-order valence-electron chi connectivity index (χ2n) is 14.0. The Labute approximate surface area is 203 Å². The molecule has 1 saturated heterocycles. The first kappa shape index (κ1) is 21.5. The second kappa shape index (κ2) is 7.14. The molecule has 0 spiro atoms. The fraction of sp³-hybridized carbons (Fsp3) is 0.862. The fourth-order valence-corrected chi connectivity index (χ4v) is 12.2. The van der Waals surface area contributed by atoms with Crippen molar-refractivity contribution >= 4 is 22.8 Å². The minimum Gasteiger partial charge on any atom is -0.350 e. The molecule has 4 bridgehead atoms. The maximum absolute atomic E-state index is 13.7. The molecule has 7 fully saturated rings. The van der Waals surface area contributed by atoms with Crippen LogP contribution in [0.3, 0.4) is 0 Å². The lowest BCUT2D eigenvalue weighted by Crippen LogP contribution is -2.60. The molecule has 8 aliphatic rings. The first-order valence-corrected chi connectivity index (χ1v) is 14.8. The lowest BCUT2D eigenvalue weighted by atomic mass is 9.52. The average Bonchev–Trinajstić information content (AvgIpc) is 3.11. The predicted molar refractivity (Wildman–Crippen MR) is 132 cm³/mol. The van der Waals surface area contributed by atoms with Crippen LogP contribution in [-0.2, 0) is 9.59 Å². The highest BCUT2D eigenvalue weighted by molar-refractivity contribution is 8.14. The van der Waals surface area contributed by atoms with Gasteiger partial charge in [0, 0.05) is 23.1 Å². The van der Waals surface area contributed by atoms with Gasteiger partial charge in [0.2, 0.25) is 5.91 Å². The number of fused-ring (bicyclic) bond motifs is 5. The Morgan fingerprint density at radius 3 is 2.39 bits per heavy atom. The van der Waals surface area contributed by atoms with Gasteiger partial charge in [-0.3, -0.25) is 9.59 Å². The summed E-state index contributed by atoms with van der Waals surface area (Å²) in [6, 6.07) is 0. The Hall–Kier alpha value is -0.770. The molecule has 1 amide bonds. The predicted octanol–water partition coefficient (Wildman–Crippen LogP) is 6.13. The van der Waals surface area contributed by atoms with Gasteiger partial charge in [0.15, 0.2) is 5.12 Å². The van der Waals surface area contributed by atoms with Crippen molar-refractivity contribution in [3.05, 3.63) is 12.2 Å². The van der Waals surface area contributed by atoms with E-state index in [9.17, 15) is 9.59 Å². The van der Waals surface area contributed by atoms with E-state index in [1.165, 1.54) is 51.4 Å². The van der Waals surface area contributed by atoms with Crippen LogP contribution in [0.25, 0.3) is 0 Å². The minimum absolute atomic E-state index is 0.135. The van der Waals surface area contributed by atoms with E-state index in [2.05, 4.69) is 31.3 Å². The van der Waals surface area contributed by atoms with Crippen molar-refractivity contribution in [1.82, 2.24) is 5.32 Å². The van der Waals surface area contributed by atoms with Crippen LogP contribution in [-0.4, -0.2) is 21.8 Å². The summed E-state index contributed by atoms with van der Waals surface area (Å²) >= 11 is 1.65. The van der Waals surface area contributed by atoms with Gasteiger partial charge in [-0.2, -0.15) is 0 Å². The van der Waals surface area contributed by atoms with E-state index in [1.54, 1.807) is 11.8 Å². The third kappa shape index (κ3) is 3.21. The van der Waals surface area contributed by atoms with E-state index >= 15 is 0 Å². The zero-order valence-electron chi connectivity index (χ0n) is 20.5. The number of rotatable bonds is 2. The third-order valence-corrected chi connectivity index (χ3v) is 13.5. The highest BCUT2D eigenvalue weighted by atomic mass is 32.2. The monoisotopic (exact) mass is 467 g/mol. The van der Waals surface area contributed by atoms with Crippen molar-refractivity contribution in [3.63, 3.8) is 0 Å². The van der Waals surface area contributed by atoms with E-state index in [0.717, 1.165) is 43.4 Å². The second-order valence-corrected chi connectivity index (χ2v) is 15.3. The number of carbonyl (C=O) groups excluding carboxylic acids is 2. The van der Waals surface area contributed by atoms with Crippen LogP contribution in [0.4, 0.5) is 0 Å². The summed E-state index contributed by atoms with van der Waals surface area (Å²) in [6.45, 7) is 4.91. The van der Waals surface area contributed by atoms with E-state index in [1.807, 2.05) is 0 Å². The lowest BCUT2D eigenvalue weighted by Gasteiger charge is -2.57. The smallest absolute Gasteiger partial charge is 0.223 e. The van der Waals surface area contributed by atoms with Gasteiger partial charge in [0.1, 0.15) is 0 Å². The SMILES string of the molecule is C[C@]12CCC(=O)SC1CC[C@@H]1[C@H]2C=C[C@]2(C)CC(C(=O)NC34CC5CC(CC(C5)C3)C4)C[C@@H]12. The molecule has 1 aliphatic heterocycles. The molecular weight excluding hydrogens is 426 g/mol. The molecule has 0 aromatic rings. The zero-order chi connectivity index (χ0) is 22.6. The molecule has 1 heterocycles. The molecule has 2 unspecified atom stereocenters. The molecular formula is C29H41NO2S. The maximum atomic E-state index is 13.7. The molecule has 0 radical (unpaired) electrons. The summed E-state index contributed by atoms with van der Waals surface area (Å²) in [5.41, 5.74) is 0.556. The van der Waals surface area contributed by atoms with Gasteiger partial charge in [0.25, 0.3) is 0 Å². The summed E-state index contributed by atoms with van der Waals surface area (Å²) in [5, 5.41) is 4.62. The summed E-state index contributed by atoms with van der Waals surface area (Å²) in [7, 11) is 0. The van der Waals surface area contributed by atoms with Gasteiger partial charge < -0.3 is 5.32 Å². The molecule has 1 N–H and O–H groups in total. The number of nitrogens with one attached hydrogen (secondary N) is 1. The molecule has 6 saturated carbocycles. The maximum Gasteiger partial charge on any atom is 0.223 e. The van der Waals surface area contributed by atoms with Crippen molar-refractivity contribution in [3.8, 4) is 0 Å². The van der Waals surface area contributed by atoms with Crippen LogP contribution >= 0.6 is 11.8 Å². The minimum atomic E-state index is 0.135. The standard InChI is InChI=1S/C29H41NO2S/c1-27-7-5-22-21(3-4-24-28(22,2)8-6-25(31)33-24)23(27)12-20(16-27)26(32)30-29-13-17-9-18(14-29)11-19(10-17)15-29/h5,7,17-24H,3-4,6,8-16H2,1-2H3,(H,30,32)/t17?,18?,19?,20?,21-,22-,23+,24?,27-,28-,29?/m1/s1. The molecule has 33 heavy (non-hydrogen) atoms. The lowest BCUT2D eigenvalue weighted by molar-refractivity contribution is -0.131. The number of carbonyl (C=O) groups is 2. The third-order valence-electron chi connectivity index (χ3n) is 11.9. The van der Waals surface area contributed by atoms with Crippen LogP contribution in [0.1, 0.15) is 90.9 Å². The first-order valence-electron chi connectivity index (χ1n) is 14.0. The van der Waals surface area contributed by atoms with Crippen LogP contribution in [0.5, 0.6) is 0 Å². The number of amides is 1. The summed E-state index contributed by atoms with van der Waals surface area (Å²) in [4.78, 5) is 25.9. The Bertz CT molecular complexity index is 876. The Morgan fingerprint density at radius 1 is 1.00 bits per heavy atom. The van der Waals surface area contributed by atoms with E-state index in [0.29, 0.717) is 34.0 Å². The summed E-state index contributed by atoms with van der Waals surface area (Å²) in [6.07, 6.45) is 19.4. The van der Waals surface area contributed by atoms with Gasteiger partial charge in [-0.15, -0.1) is 0 Å². The van der Waals surface area contributed by atoms with Crippen LogP contribution in [0, 0.1) is 52.3 Å². The van der Waals surface area contributed by atoms with Crippen molar-refractivity contribution in [1.29, 1.82) is 0 Å². The summed E-state index contributed by atoms with van der Waals surface area (Å²) in [5.74, 6) is 5.09. The van der Waals surface area contributed by atoms with E-state index in [-0.39, 0.29) is 22.3 Å². The Morgan fingerprint density at radius 2 is 1.70 bits per heavy atom. The van der Waals surface area contributed by atoms with Crippen LogP contribution in [0.2, 0.25) is 0 Å². The molecule has 8 rings (SSSR count). The van der Waals surface area contributed by atoms with Crippen molar-refractivity contribution in [2.45, 2.75) is 102 Å². The van der Waals surface area contributed by atoms with Crippen molar-refractivity contribution < 1.29 is 9.59 Å². The van der Waals surface area contributed by atoms with Gasteiger partial charge in [-0.05, 0) is 117 Å². The van der Waals surface area contributed by atoms with Gasteiger partial charge >= 0.3 is 0 Å². The molecule has 0 aromatic carbocycles. The van der Waals surface area contributed by atoms with Crippen molar-refractivity contribution in [2.24, 2.45) is 52.3 Å². The van der Waals surface area contributed by atoms with Gasteiger partial charge in [0.05, 0.1) is 0 Å². The van der Waals surface area contributed by atoms with Crippen LogP contribution in [0.15, 0.2) is 12.2 Å². The summed E-state index contributed by atoms with van der Waals surface area (Å²) < 4.78 is 0. The largest absolute Gasteiger partial charge is 0.350 e. The highest BCUT2D eigenvalue weighted by Crippen LogP contribution is 2.64. The van der Waals surface area contributed by atoms with E-state index in [4.69, 9.17) is 0 Å². The number of hydrogen-bond donors (Lipinski definition) is 1. The quantitative estimate of drug-likeness (QED) is 0.497. The highest BCUT2D eigenvalue weighted by Gasteiger charge is 2.59. The van der Waals surface area contributed by atoms with Gasteiger partial charge in [-0.25, -0.2) is 0 Å². The molecule has 0 aromatic heterocycles. The Kier molecular flexibility index (Phi) is 4.65. The normalized spacial score (nSPS) is 56.2. The number of hydrogen-bond acceptors (Lipinski definition) is 3. The van der Waals surface area contributed by atoms with Crippen molar-refractivity contribution in [2.75, 3.05) is 0 Å². The fourth-order valence-electron chi connectivity index (χ4n) is 10.8. The average molecular weight is 468 g/mol. The number of thioether (sulfide) groups is 1. The molecule has 180 valence electrons.